The molecule has 0 N–H and O–H groups in total. The summed E-state index contributed by atoms with van der Waals surface area (Å²) < 4.78 is 5.01. The van der Waals surface area contributed by atoms with Crippen molar-refractivity contribution in [2.24, 2.45) is 5.92 Å². The number of hydrogen-bond donors (Lipinski definition) is 0. The van der Waals surface area contributed by atoms with E-state index < -0.39 is 0 Å². The van der Waals surface area contributed by atoms with Crippen molar-refractivity contribution in [2.45, 2.75) is 40.5 Å². The zero-order valence-electron chi connectivity index (χ0n) is 10.9. The lowest BCUT2D eigenvalue weighted by Gasteiger charge is -2.09. The molecule has 0 aromatic carbocycles. The molecule has 1 unspecified atom stereocenters. The zero-order valence-corrected chi connectivity index (χ0v) is 10.9. The van der Waals surface area contributed by atoms with Gasteiger partial charge in [-0.15, -0.1) is 6.58 Å². The summed E-state index contributed by atoms with van der Waals surface area (Å²) >= 11 is 0. The molecular formula is C14H26O. The Morgan fingerprint density at radius 2 is 2.07 bits per heavy atom. The Morgan fingerprint density at radius 3 is 2.33 bits per heavy atom. The third-order valence-corrected chi connectivity index (χ3v) is 1.80. The summed E-state index contributed by atoms with van der Waals surface area (Å²) in [6.45, 7) is 11.7. The van der Waals surface area contributed by atoms with Crippen molar-refractivity contribution in [3.05, 3.63) is 36.6 Å². The minimum atomic E-state index is 0.684. The lowest BCUT2D eigenvalue weighted by molar-refractivity contribution is 0.302. The van der Waals surface area contributed by atoms with Gasteiger partial charge in [-0.3, -0.25) is 0 Å². The Morgan fingerprint density at radius 1 is 1.53 bits per heavy atom. The number of hydrogen-bond acceptors (Lipinski definition) is 1. The van der Waals surface area contributed by atoms with Crippen molar-refractivity contribution in [3.8, 4) is 0 Å². The summed E-state index contributed by atoms with van der Waals surface area (Å²) in [7, 11) is 1.70. The monoisotopic (exact) mass is 210 g/mol. The van der Waals surface area contributed by atoms with Gasteiger partial charge in [0.25, 0.3) is 0 Å². The van der Waals surface area contributed by atoms with Gasteiger partial charge in [0.2, 0.25) is 0 Å². The predicted octanol–water partition coefficient (Wildman–Crippen LogP) is 4.72. The molecule has 88 valence electrons. The van der Waals surface area contributed by atoms with E-state index in [0.717, 1.165) is 18.6 Å². The van der Waals surface area contributed by atoms with E-state index in [2.05, 4.69) is 32.6 Å². The molecule has 0 bridgehead atoms. The highest BCUT2D eigenvalue weighted by atomic mass is 16.5. The van der Waals surface area contributed by atoms with Gasteiger partial charge in [0.15, 0.2) is 0 Å². The van der Waals surface area contributed by atoms with E-state index in [1.807, 2.05) is 26.0 Å². The van der Waals surface area contributed by atoms with Gasteiger partial charge in [-0.25, -0.2) is 0 Å². The SMILES string of the molecule is C=CCC.CC.COC1=CCC(C)C=C1. The minimum Gasteiger partial charge on any atom is -0.497 e. The van der Waals surface area contributed by atoms with Gasteiger partial charge in [-0.2, -0.15) is 0 Å². The molecule has 0 amide bonds. The Hall–Kier alpha value is -0.980. The van der Waals surface area contributed by atoms with Crippen LogP contribution in [0.1, 0.15) is 40.5 Å². The number of allylic oxidation sites excluding steroid dienone is 4. The third kappa shape index (κ3) is 10.9. The second-order valence-electron chi connectivity index (χ2n) is 3.08. The second-order valence-corrected chi connectivity index (χ2v) is 3.08. The average molecular weight is 210 g/mol. The molecule has 0 aromatic rings. The van der Waals surface area contributed by atoms with E-state index in [4.69, 9.17) is 4.74 Å². The van der Waals surface area contributed by atoms with Crippen molar-refractivity contribution in [3.63, 3.8) is 0 Å². The highest BCUT2D eigenvalue weighted by Crippen LogP contribution is 2.14. The normalized spacial score (nSPS) is 17.4. The van der Waals surface area contributed by atoms with Crippen molar-refractivity contribution < 1.29 is 4.74 Å². The maximum atomic E-state index is 5.01. The topological polar surface area (TPSA) is 9.23 Å². The number of methoxy groups -OCH3 is 1. The van der Waals surface area contributed by atoms with Crippen LogP contribution in [0.5, 0.6) is 0 Å². The fourth-order valence-corrected chi connectivity index (χ4v) is 0.859. The molecule has 0 aromatic heterocycles. The first-order chi connectivity index (χ1) is 7.24. The van der Waals surface area contributed by atoms with Crippen LogP contribution in [0.25, 0.3) is 0 Å². The Labute approximate surface area is 95.5 Å². The fraction of sp³-hybridized carbons (Fsp3) is 0.571. The van der Waals surface area contributed by atoms with Crippen molar-refractivity contribution in [1.29, 1.82) is 0 Å². The van der Waals surface area contributed by atoms with Crippen molar-refractivity contribution >= 4 is 0 Å². The van der Waals surface area contributed by atoms with Crippen LogP contribution in [0.3, 0.4) is 0 Å². The molecule has 0 spiro atoms. The molecule has 0 saturated carbocycles. The lowest BCUT2D eigenvalue weighted by Crippen LogP contribution is -1.94. The Bertz CT molecular complexity index is 190. The Balaban J connectivity index is 0. The van der Waals surface area contributed by atoms with Crippen molar-refractivity contribution in [2.75, 3.05) is 7.11 Å². The van der Waals surface area contributed by atoms with E-state index in [1.165, 1.54) is 0 Å². The van der Waals surface area contributed by atoms with Crippen LogP contribution in [0, 0.1) is 5.92 Å². The van der Waals surface area contributed by atoms with E-state index in [1.54, 1.807) is 7.11 Å². The fourth-order valence-electron chi connectivity index (χ4n) is 0.859. The van der Waals surface area contributed by atoms with Gasteiger partial charge in [0.1, 0.15) is 5.76 Å². The molecule has 0 aliphatic heterocycles. The van der Waals surface area contributed by atoms with E-state index >= 15 is 0 Å². The molecular weight excluding hydrogens is 184 g/mol. The maximum Gasteiger partial charge on any atom is 0.114 e. The molecule has 1 aliphatic carbocycles. The largest absolute Gasteiger partial charge is 0.497 e. The zero-order chi connectivity index (χ0) is 12.1. The lowest BCUT2D eigenvalue weighted by atomic mass is 10.0. The first-order valence-electron chi connectivity index (χ1n) is 5.77. The van der Waals surface area contributed by atoms with Gasteiger partial charge in [-0.05, 0) is 30.9 Å². The smallest absolute Gasteiger partial charge is 0.114 e. The number of rotatable bonds is 2. The second kappa shape index (κ2) is 13.0. The third-order valence-electron chi connectivity index (χ3n) is 1.80. The van der Waals surface area contributed by atoms with Gasteiger partial charge >= 0.3 is 0 Å². The van der Waals surface area contributed by atoms with Crippen LogP contribution in [0.2, 0.25) is 0 Å². The van der Waals surface area contributed by atoms with Gasteiger partial charge in [0.05, 0.1) is 7.11 Å². The van der Waals surface area contributed by atoms with E-state index in [0.29, 0.717) is 5.92 Å². The van der Waals surface area contributed by atoms with Gasteiger partial charge in [0, 0.05) is 0 Å². The summed E-state index contributed by atoms with van der Waals surface area (Å²) in [4.78, 5) is 0. The van der Waals surface area contributed by atoms with Crippen LogP contribution in [0.4, 0.5) is 0 Å². The van der Waals surface area contributed by atoms with Crippen molar-refractivity contribution in [1.82, 2.24) is 0 Å². The van der Waals surface area contributed by atoms with E-state index in [-0.39, 0.29) is 0 Å². The first-order valence-corrected chi connectivity index (χ1v) is 5.77. The molecule has 1 atom stereocenters. The predicted molar refractivity (Wildman–Crippen MR) is 69.8 cm³/mol. The van der Waals surface area contributed by atoms with Gasteiger partial charge < -0.3 is 4.74 Å². The molecule has 15 heavy (non-hydrogen) atoms. The summed E-state index contributed by atoms with van der Waals surface area (Å²) in [5.41, 5.74) is 0. The highest BCUT2D eigenvalue weighted by molar-refractivity contribution is 5.17. The highest BCUT2D eigenvalue weighted by Gasteiger charge is 2.01. The number of ether oxygens (including phenoxy) is 1. The minimum absolute atomic E-state index is 0.684. The molecule has 0 fully saturated rings. The molecule has 1 aliphatic rings. The summed E-state index contributed by atoms with van der Waals surface area (Å²) in [5.74, 6) is 1.68. The first kappa shape index (κ1) is 16.4. The quantitative estimate of drug-likeness (QED) is 0.599. The van der Waals surface area contributed by atoms with Crippen LogP contribution >= 0.6 is 0 Å². The Kier molecular flexibility index (Phi) is 14.3. The molecule has 0 radical (unpaired) electrons. The molecule has 1 heteroatoms. The van der Waals surface area contributed by atoms with E-state index in [9.17, 15) is 0 Å². The molecule has 0 heterocycles. The van der Waals surface area contributed by atoms with Crippen LogP contribution in [-0.4, -0.2) is 7.11 Å². The molecule has 1 rings (SSSR count). The molecule has 0 saturated heterocycles. The van der Waals surface area contributed by atoms with Crippen LogP contribution < -0.4 is 0 Å². The maximum absolute atomic E-state index is 5.01. The van der Waals surface area contributed by atoms with Crippen LogP contribution in [-0.2, 0) is 4.74 Å². The summed E-state index contributed by atoms with van der Waals surface area (Å²) in [6.07, 6.45) is 10.4. The van der Waals surface area contributed by atoms with Gasteiger partial charge in [-0.1, -0.05) is 39.8 Å². The van der Waals surface area contributed by atoms with Crippen LogP contribution in [0.15, 0.2) is 36.6 Å². The summed E-state index contributed by atoms with van der Waals surface area (Å²) in [6, 6.07) is 0. The molecule has 1 nitrogen and oxygen atoms in total. The average Bonchev–Trinajstić information content (AvgIpc) is 2.33. The summed E-state index contributed by atoms with van der Waals surface area (Å²) in [5, 5.41) is 0. The standard InChI is InChI=1S/C8H12O.C4H8.C2H6/c1-7-3-5-8(9-2)6-4-7;1-3-4-2;1-2/h3,5-7H,4H2,1-2H3;3H,1,4H2,2H3;1-2H3.